The van der Waals surface area contributed by atoms with Crippen molar-refractivity contribution >= 4 is 37.9 Å². The molecule has 1 N–H and O–H groups in total. The number of rotatable bonds is 7. The Hall–Kier alpha value is -0.320. The third-order valence-corrected chi connectivity index (χ3v) is 3.48. The summed E-state index contributed by atoms with van der Waals surface area (Å²) in [4.78, 5) is 0. The Morgan fingerprint density at radius 2 is 2.05 bits per heavy atom. The molecule has 0 spiro atoms. The Balaban J connectivity index is 2.84. The molecule has 0 fully saturated rings. The van der Waals surface area contributed by atoms with Crippen LogP contribution in [0.4, 0.5) is 0 Å². The summed E-state index contributed by atoms with van der Waals surface area (Å²) in [6.45, 7) is 7.97. The van der Waals surface area contributed by atoms with Crippen LogP contribution in [0.25, 0.3) is 6.08 Å². The maximum atomic E-state index is 5.81. The van der Waals surface area contributed by atoms with Gasteiger partial charge in [-0.1, -0.05) is 48.9 Å². The van der Waals surface area contributed by atoms with E-state index in [4.69, 9.17) is 4.74 Å². The van der Waals surface area contributed by atoms with Crippen LogP contribution in [0, 0.1) is 0 Å². The maximum Gasteiger partial charge on any atom is 0.140 e. The lowest BCUT2D eigenvalue weighted by molar-refractivity contribution is 0.315. The molecular formula is C15H21Br2NO. The molecule has 19 heavy (non-hydrogen) atoms. The van der Waals surface area contributed by atoms with E-state index in [1.165, 1.54) is 0 Å². The molecular weight excluding hydrogens is 370 g/mol. The molecule has 0 aliphatic heterocycles. The van der Waals surface area contributed by atoms with Gasteiger partial charge in [-0.15, -0.1) is 0 Å². The summed E-state index contributed by atoms with van der Waals surface area (Å²) >= 11 is 7.07. The first-order chi connectivity index (χ1) is 9.04. The Kier molecular flexibility index (Phi) is 7.73. The minimum atomic E-state index is 0.495. The standard InChI is InChI=1S/C15H21Br2NO/c1-4-8-19-15-12(6-5-7-18-11(2)3)9-13(16)10-14(15)17/h5-6,9-11,18H,4,7-8H2,1-3H3. The van der Waals surface area contributed by atoms with Crippen LogP contribution in [0.5, 0.6) is 5.75 Å². The van der Waals surface area contributed by atoms with E-state index in [1.807, 2.05) is 6.07 Å². The second kappa shape index (κ2) is 8.77. The maximum absolute atomic E-state index is 5.81. The number of halogens is 2. The lowest BCUT2D eigenvalue weighted by Crippen LogP contribution is -2.22. The van der Waals surface area contributed by atoms with Crippen molar-refractivity contribution in [1.82, 2.24) is 5.32 Å². The van der Waals surface area contributed by atoms with Gasteiger partial charge in [0.15, 0.2) is 0 Å². The molecule has 0 aromatic heterocycles. The fraction of sp³-hybridized carbons (Fsp3) is 0.467. The van der Waals surface area contributed by atoms with Gasteiger partial charge in [0.05, 0.1) is 11.1 Å². The fourth-order valence-electron chi connectivity index (χ4n) is 1.55. The van der Waals surface area contributed by atoms with Gasteiger partial charge in [-0.3, -0.25) is 0 Å². The summed E-state index contributed by atoms with van der Waals surface area (Å²) in [5.74, 6) is 0.908. The molecule has 0 saturated carbocycles. The third kappa shape index (κ3) is 6.11. The summed E-state index contributed by atoms with van der Waals surface area (Å²) in [5.41, 5.74) is 1.08. The van der Waals surface area contributed by atoms with Crippen LogP contribution in [0.3, 0.4) is 0 Å². The molecule has 0 aliphatic carbocycles. The Morgan fingerprint density at radius 3 is 2.68 bits per heavy atom. The quantitative estimate of drug-likeness (QED) is 0.706. The summed E-state index contributed by atoms with van der Waals surface area (Å²) in [7, 11) is 0. The van der Waals surface area contributed by atoms with Crippen molar-refractivity contribution in [2.45, 2.75) is 33.2 Å². The third-order valence-electron chi connectivity index (χ3n) is 2.43. The highest BCUT2D eigenvalue weighted by Gasteiger charge is 2.07. The van der Waals surface area contributed by atoms with Gasteiger partial charge in [-0.25, -0.2) is 0 Å². The second-order valence-electron chi connectivity index (χ2n) is 4.62. The van der Waals surface area contributed by atoms with E-state index < -0.39 is 0 Å². The summed E-state index contributed by atoms with van der Waals surface area (Å²) in [6.07, 6.45) is 5.21. The lowest BCUT2D eigenvalue weighted by Gasteiger charge is -2.11. The van der Waals surface area contributed by atoms with E-state index in [0.717, 1.165) is 39.8 Å². The second-order valence-corrected chi connectivity index (χ2v) is 6.39. The van der Waals surface area contributed by atoms with Crippen molar-refractivity contribution in [3.63, 3.8) is 0 Å². The van der Waals surface area contributed by atoms with Crippen LogP contribution >= 0.6 is 31.9 Å². The van der Waals surface area contributed by atoms with Gasteiger partial charge in [0.2, 0.25) is 0 Å². The predicted molar refractivity (Wildman–Crippen MR) is 89.8 cm³/mol. The molecule has 2 nitrogen and oxygen atoms in total. The van der Waals surface area contributed by atoms with Gasteiger partial charge >= 0.3 is 0 Å². The molecule has 1 aromatic rings. The zero-order valence-electron chi connectivity index (χ0n) is 11.7. The van der Waals surface area contributed by atoms with Crippen molar-refractivity contribution in [3.8, 4) is 5.75 Å². The van der Waals surface area contributed by atoms with E-state index in [1.54, 1.807) is 0 Å². The van der Waals surface area contributed by atoms with E-state index in [9.17, 15) is 0 Å². The van der Waals surface area contributed by atoms with Crippen LogP contribution in [0.15, 0.2) is 27.2 Å². The molecule has 0 atom stereocenters. The monoisotopic (exact) mass is 389 g/mol. The first kappa shape index (κ1) is 16.7. The van der Waals surface area contributed by atoms with Gasteiger partial charge in [0.25, 0.3) is 0 Å². The number of hydrogen-bond acceptors (Lipinski definition) is 2. The average Bonchev–Trinajstić information content (AvgIpc) is 2.33. The molecule has 0 bridgehead atoms. The normalized spacial score (nSPS) is 11.5. The SMILES string of the molecule is CCCOc1c(Br)cc(Br)cc1C=CCNC(C)C. The predicted octanol–water partition coefficient (Wildman–Crippen LogP) is 5.01. The molecule has 1 aromatic carbocycles. The van der Waals surface area contributed by atoms with Gasteiger partial charge in [-0.05, 0) is 34.5 Å². The van der Waals surface area contributed by atoms with E-state index in [0.29, 0.717) is 6.04 Å². The molecule has 0 unspecified atom stereocenters. The van der Waals surface area contributed by atoms with E-state index >= 15 is 0 Å². The Labute approximate surface area is 132 Å². The number of ether oxygens (including phenoxy) is 1. The molecule has 1 rings (SSSR count). The van der Waals surface area contributed by atoms with Crippen molar-refractivity contribution < 1.29 is 4.74 Å². The van der Waals surface area contributed by atoms with Gasteiger partial charge in [0.1, 0.15) is 5.75 Å². The van der Waals surface area contributed by atoms with Crippen LogP contribution in [0.2, 0.25) is 0 Å². The minimum absolute atomic E-state index is 0.495. The molecule has 0 heterocycles. The van der Waals surface area contributed by atoms with Crippen molar-refractivity contribution in [2.75, 3.05) is 13.2 Å². The summed E-state index contributed by atoms with van der Waals surface area (Å²) in [6, 6.07) is 4.57. The highest BCUT2D eigenvalue weighted by molar-refractivity contribution is 9.11. The fourth-order valence-corrected chi connectivity index (χ4v) is 2.92. The zero-order valence-corrected chi connectivity index (χ0v) is 14.8. The van der Waals surface area contributed by atoms with E-state index in [-0.39, 0.29) is 0 Å². The van der Waals surface area contributed by atoms with Gasteiger partial charge < -0.3 is 10.1 Å². The van der Waals surface area contributed by atoms with Crippen molar-refractivity contribution in [3.05, 3.63) is 32.7 Å². The highest BCUT2D eigenvalue weighted by atomic mass is 79.9. The van der Waals surface area contributed by atoms with Crippen LogP contribution in [-0.2, 0) is 0 Å². The molecule has 0 amide bonds. The first-order valence-corrected chi connectivity index (χ1v) is 8.15. The average molecular weight is 391 g/mol. The lowest BCUT2D eigenvalue weighted by atomic mass is 10.2. The summed E-state index contributed by atoms with van der Waals surface area (Å²) < 4.78 is 7.83. The van der Waals surface area contributed by atoms with Gasteiger partial charge in [0, 0.05) is 22.6 Å². The summed E-state index contributed by atoms with van der Waals surface area (Å²) in [5, 5.41) is 3.36. The van der Waals surface area contributed by atoms with Crippen LogP contribution < -0.4 is 10.1 Å². The molecule has 106 valence electrons. The largest absolute Gasteiger partial charge is 0.492 e. The minimum Gasteiger partial charge on any atom is -0.492 e. The van der Waals surface area contributed by atoms with Gasteiger partial charge in [-0.2, -0.15) is 0 Å². The topological polar surface area (TPSA) is 21.3 Å². The smallest absolute Gasteiger partial charge is 0.140 e. The zero-order chi connectivity index (χ0) is 14.3. The van der Waals surface area contributed by atoms with Crippen molar-refractivity contribution in [2.24, 2.45) is 0 Å². The highest BCUT2D eigenvalue weighted by Crippen LogP contribution is 2.33. The molecule has 0 aliphatic rings. The van der Waals surface area contributed by atoms with Crippen molar-refractivity contribution in [1.29, 1.82) is 0 Å². The van der Waals surface area contributed by atoms with Crippen LogP contribution in [-0.4, -0.2) is 19.2 Å². The Bertz CT molecular complexity index is 430. The molecule has 4 heteroatoms. The molecule has 0 radical (unpaired) electrons. The number of hydrogen-bond donors (Lipinski definition) is 1. The van der Waals surface area contributed by atoms with Crippen LogP contribution in [0.1, 0.15) is 32.8 Å². The van der Waals surface area contributed by atoms with E-state index in [2.05, 4.69) is 76.2 Å². The first-order valence-electron chi connectivity index (χ1n) is 6.56. The molecule has 0 saturated heterocycles. The number of nitrogens with one attached hydrogen (secondary N) is 1. The Morgan fingerprint density at radius 1 is 1.32 bits per heavy atom. The number of benzene rings is 1.